The van der Waals surface area contributed by atoms with Crippen molar-refractivity contribution in [2.75, 3.05) is 19.7 Å². The molecule has 1 saturated heterocycles. The second-order valence-corrected chi connectivity index (χ2v) is 4.38. The molecule has 0 aliphatic carbocycles. The Balaban J connectivity index is 2.40. The molecule has 13 heavy (non-hydrogen) atoms. The van der Waals surface area contributed by atoms with Crippen LogP contribution in [0.3, 0.4) is 0 Å². The lowest BCUT2D eigenvalue weighted by atomic mass is 10.4. The van der Waals surface area contributed by atoms with Crippen molar-refractivity contribution in [1.29, 1.82) is 0 Å². The molecular formula is C7H17N2O3P. The minimum absolute atomic E-state index is 0.277. The maximum Gasteiger partial charge on any atom is 0.187 e. The summed E-state index contributed by atoms with van der Waals surface area (Å²) in [4.78, 5) is 4.26. The van der Waals surface area contributed by atoms with Crippen LogP contribution in [0.5, 0.6) is 0 Å². The van der Waals surface area contributed by atoms with E-state index in [0.717, 1.165) is 13.1 Å². The van der Waals surface area contributed by atoms with E-state index in [1.54, 1.807) is 0 Å². The average Bonchev–Trinajstić information content (AvgIpc) is 2.20. The number of rotatable bonds is 4. The Bertz CT molecular complexity index is 146. The molecule has 0 saturated carbocycles. The normalized spacial score (nSPS) is 29.5. The molecule has 1 fully saturated rings. The smallest absolute Gasteiger partial charge is 0.187 e. The summed E-state index contributed by atoms with van der Waals surface area (Å²) in [6.45, 7) is 6.68. The number of nitrogens with one attached hydrogen (secondary N) is 1. The Labute approximate surface area is 79.9 Å². The molecule has 2 atom stereocenters. The lowest BCUT2D eigenvalue weighted by Gasteiger charge is -2.34. The van der Waals surface area contributed by atoms with E-state index in [0.29, 0.717) is 13.0 Å². The molecule has 0 aromatic carbocycles. The third-order valence-corrected chi connectivity index (χ3v) is 3.98. The fourth-order valence-corrected chi connectivity index (χ4v) is 2.81. The molecular weight excluding hydrogens is 191 g/mol. The zero-order valence-electron chi connectivity index (χ0n) is 8.06. The van der Waals surface area contributed by atoms with Crippen molar-refractivity contribution < 1.29 is 14.7 Å². The van der Waals surface area contributed by atoms with Crippen molar-refractivity contribution in [3.63, 3.8) is 0 Å². The van der Waals surface area contributed by atoms with Gasteiger partial charge in [-0.25, -0.2) is 14.6 Å². The lowest BCUT2D eigenvalue weighted by molar-refractivity contribution is -0.285. The molecule has 0 aromatic rings. The standard InChI is InChI=1S/C7H17N2O3P/c1-3-9(4-2)13-8-7(12-10)5-6-11-13/h7-8,10H,3-6H2,1-2H3. The largest absolute Gasteiger partial charge is 0.331 e. The van der Waals surface area contributed by atoms with Gasteiger partial charge in [-0.15, -0.1) is 0 Å². The van der Waals surface area contributed by atoms with Gasteiger partial charge in [0, 0.05) is 19.5 Å². The van der Waals surface area contributed by atoms with E-state index in [2.05, 4.69) is 28.5 Å². The van der Waals surface area contributed by atoms with Gasteiger partial charge in [0.1, 0.15) is 0 Å². The van der Waals surface area contributed by atoms with E-state index in [4.69, 9.17) is 9.78 Å². The van der Waals surface area contributed by atoms with Gasteiger partial charge >= 0.3 is 0 Å². The molecule has 1 rings (SSSR count). The average molecular weight is 208 g/mol. The zero-order valence-corrected chi connectivity index (χ0v) is 8.96. The maximum atomic E-state index is 8.51. The monoisotopic (exact) mass is 208 g/mol. The quantitative estimate of drug-likeness (QED) is 0.415. The van der Waals surface area contributed by atoms with Crippen LogP contribution < -0.4 is 5.09 Å². The first-order chi connectivity index (χ1) is 6.31. The summed E-state index contributed by atoms with van der Waals surface area (Å²) in [6, 6.07) is 0. The van der Waals surface area contributed by atoms with E-state index in [9.17, 15) is 0 Å². The highest BCUT2D eigenvalue weighted by Gasteiger charge is 2.26. The molecule has 78 valence electrons. The number of hydrogen-bond donors (Lipinski definition) is 2. The van der Waals surface area contributed by atoms with Gasteiger partial charge in [0.2, 0.25) is 0 Å². The van der Waals surface area contributed by atoms with Crippen LogP contribution in [-0.2, 0) is 9.41 Å². The van der Waals surface area contributed by atoms with Crippen LogP contribution in [0.1, 0.15) is 20.3 Å². The molecule has 0 spiro atoms. The van der Waals surface area contributed by atoms with Gasteiger partial charge in [0.25, 0.3) is 0 Å². The fourth-order valence-electron chi connectivity index (χ4n) is 1.19. The van der Waals surface area contributed by atoms with E-state index in [-0.39, 0.29) is 6.23 Å². The Hall–Kier alpha value is 0.230. The third kappa shape index (κ3) is 3.13. The summed E-state index contributed by atoms with van der Waals surface area (Å²) in [6.07, 6.45) is 0.414. The SMILES string of the molecule is CCN(CC)P1NC(OO)CCO1. The summed E-state index contributed by atoms with van der Waals surface area (Å²) in [5.41, 5.74) is 0. The highest BCUT2D eigenvalue weighted by atomic mass is 31.2. The van der Waals surface area contributed by atoms with Crippen molar-refractivity contribution in [3.8, 4) is 0 Å². The van der Waals surface area contributed by atoms with Gasteiger partial charge in [-0.05, 0) is 0 Å². The summed E-state index contributed by atoms with van der Waals surface area (Å²) < 4.78 is 7.72. The van der Waals surface area contributed by atoms with Crippen LogP contribution in [0, 0.1) is 0 Å². The van der Waals surface area contributed by atoms with Crippen LogP contribution in [-0.4, -0.2) is 35.9 Å². The number of hydrogen-bond acceptors (Lipinski definition) is 5. The van der Waals surface area contributed by atoms with Gasteiger partial charge in [0.15, 0.2) is 14.7 Å². The second kappa shape index (κ2) is 5.86. The van der Waals surface area contributed by atoms with Crippen LogP contribution in [0.2, 0.25) is 0 Å². The van der Waals surface area contributed by atoms with Crippen molar-refractivity contribution in [2.45, 2.75) is 26.5 Å². The second-order valence-electron chi connectivity index (χ2n) is 2.76. The fraction of sp³-hybridized carbons (Fsp3) is 1.00. The van der Waals surface area contributed by atoms with Crippen molar-refractivity contribution in [2.24, 2.45) is 0 Å². The summed E-state index contributed by atoms with van der Waals surface area (Å²) in [5, 5.41) is 11.6. The maximum absolute atomic E-state index is 8.51. The van der Waals surface area contributed by atoms with Crippen LogP contribution in [0.15, 0.2) is 0 Å². The van der Waals surface area contributed by atoms with Gasteiger partial charge in [-0.1, -0.05) is 13.8 Å². The molecule has 0 aromatic heterocycles. The Morgan fingerprint density at radius 2 is 2.31 bits per heavy atom. The van der Waals surface area contributed by atoms with Gasteiger partial charge in [-0.3, -0.25) is 5.26 Å². The molecule has 2 N–H and O–H groups in total. The summed E-state index contributed by atoms with van der Waals surface area (Å²) >= 11 is 0. The molecule has 1 aliphatic heterocycles. The first kappa shape index (κ1) is 11.3. The van der Waals surface area contributed by atoms with Gasteiger partial charge < -0.3 is 4.52 Å². The van der Waals surface area contributed by atoms with E-state index in [1.807, 2.05) is 0 Å². The van der Waals surface area contributed by atoms with Crippen LogP contribution in [0.25, 0.3) is 0 Å². The van der Waals surface area contributed by atoms with Crippen molar-refractivity contribution in [3.05, 3.63) is 0 Å². The lowest BCUT2D eigenvalue weighted by Crippen LogP contribution is -2.38. The Kier molecular flexibility index (Phi) is 5.09. The molecule has 2 unspecified atom stereocenters. The molecule has 0 bridgehead atoms. The van der Waals surface area contributed by atoms with E-state index in [1.165, 1.54) is 0 Å². The first-order valence-electron chi connectivity index (χ1n) is 4.56. The third-order valence-electron chi connectivity index (χ3n) is 1.96. The first-order valence-corrected chi connectivity index (χ1v) is 5.77. The summed E-state index contributed by atoms with van der Waals surface area (Å²) in [7, 11) is -0.782. The highest BCUT2D eigenvalue weighted by Crippen LogP contribution is 2.40. The molecule has 6 heteroatoms. The molecule has 0 amide bonds. The van der Waals surface area contributed by atoms with Crippen molar-refractivity contribution in [1.82, 2.24) is 9.76 Å². The predicted octanol–water partition coefficient (Wildman–Crippen LogP) is 1.38. The van der Waals surface area contributed by atoms with Crippen LogP contribution in [0.4, 0.5) is 0 Å². The van der Waals surface area contributed by atoms with Crippen LogP contribution >= 0.6 is 8.45 Å². The highest BCUT2D eigenvalue weighted by molar-refractivity contribution is 7.47. The van der Waals surface area contributed by atoms with Gasteiger partial charge in [-0.2, -0.15) is 0 Å². The molecule has 1 aliphatic rings. The summed E-state index contributed by atoms with van der Waals surface area (Å²) in [5.74, 6) is 0. The predicted molar refractivity (Wildman–Crippen MR) is 51.0 cm³/mol. The Morgan fingerprint density at radius 3 is 2.85 bits per heavy atom. The van der Waals surface area contributed by atoms with E-state index >= 15 is 0 Å². The molecule has 1 heterocycles. The minimum Gasteiger partial charge on any atom is -0.331 e. The molecule has 5 nitrogen and oxygen atoms in total. The Morgan fingerprint density at radius 1 is 1.62 bits per heavy atom. The molecule has 0 radical (unpaired) electrons. The van der Waals surface area contributed by atoms with Crippen molar-refractivity contribution >= 4 is 8.45 Å². The topological polar surface area (TPSA) is 54.0 Å². The van der Waals surface area contributed by atoms with Gasteiger partial charge in [0.05, 0.1) is 6.61 Å². The zero-order chi connectivity index (χ0) is 9.68. The minimum atomic E-state index is -0.782. The van der Waals surface area contributed by atoms with E-state index < -0.39 is 8.45 Å². The number of nitrogens with zero attached hydrogens (tertiary/aromatic N) is 1.